The van der Waals surface area contributed by atoms with E-state index < -0.39 is 6.09 Å². The summed E-state index contributed by atoms with van der Waals surface area (Å²) >= 11 is 0. The van der Waals surface area contributed by atoms with E-state index in [0.29, 0.717) is 37.2 Å². The summed E-state index contributed by atoms with van der Waals surface area (Å²) in [5.74, 6) is -0.0313. The summed E-state index contributed by atoms with van der Waals surface area (Å²) < 4.78 is 5.42. The van der Waals surface area contributed by atoms with E-state index in [1.807, 2.05) is 24.3 Å². The fraction of sp³-hybridized carbons (Fsp3) is 0.407. The molecule has 2 aliphatic heterocycles. The van der Waals surface area contributed by atoms with Crippen LogP contribution in [0.3, 0.4) is 0 Å². The van der Waals surface area contributed by atoms with Gasteiger partial charge in [-0.2, -0.15) is 0 Å². The number of nitrogens with zero attached hydrogens (tertiary/aromatic N) is 5. The van der Waals surface area contributed by atoms with E-state index in [1.54, 1.807) is 35.5 Å². The Morgan fingerprint density at radius 1 is 0.973 bits per heavy atom. The van der Waals surface area contributed by atoms with Crippen molar-refractivity contribution in [1.29, 1.82) is 0 Å². The lowest BCUT2D eigenvalue weighted by molar-refractivity contribution is -0.0163. The monoisotopic (exact) mass is 504 g/mol. The molecule has 0 radical (unpaired) electrons. The quantitative estimate of drug-likeness (QED) is 0.524. The van der Waals surface area contributed by atoms with Crippen molar-refractivity contribution in [2.24, 2.45) is 0 Å². The molecular weight excluding hydrogens is 472 g/mol. The number of amides is 2. The van der Waals surface area contributed by atoms with Crippen LogP contribution in [0.1, 0.15) is 48.0 Å². The van der Waals surface area contributed by atoms with E-state index in [-0.39, 0.29) is 17.9 Å². The van der Waals surface area contributed by atoms with Crippen LogP contribution in [0.2, 0.25) is 0 Å². The maximum Gasteiger partial charge on any atom is 0.416 e. The topological polar surface area (TPSA) is 102 Å². The molecule has 4 heterocycles. The van der Waals surface area contributed by atoms with E-state index in [9.17, 15) is 9.59 Å². The fourth-order valence-electron chi connectivity index (χ4n) is 4.62. The number of piperidine rings is 2. The molecule has 0 saturated carbocycles. The van der Waals surface area contributed by atoms with E-state index in [0.717, 1.165) is 19.6 Å². The van der Waals surface area contributed by atoms with Crippen molar-refractivity contribution in [3.05, 3.63) is 72.2 Å². The van der Waals surface area contributed by atoms with Crippen molar-refractivity contribution in [2.75, 3.05) is 31.5 Å². The lowest BCUT2D eigenvalue weighted by Gasteiger charge is -2.30. The number of carbonyl (C=O) groups is 2. The van der Waals surface area contributed by atoms with Gasteiger partial charge in [-0.1, -0.05) is 18.6 Å². The van der Waals surface area contributed by atoms with Crippen LogP contribution in [0.25, 0.3) is 0 Å². The van der Waals surface area contributed by atoms with Crippen molar-refractivity contribution in [3.63, 3.8) is 0 Å². The highest BCUT2D eigenvalue weighted by Gasteiger charge is 2.26. The number of hydrogen-bond acceptors (Lipinski definition) is 7. The predicted octanol–water partition coefficient (Wildman–Crippen LogP) is 3.61. The third-order valence-electron chi connectivity index (χ3n) is 6.69. The third-order valence-corrected chi connectivity index (χ3v) is 6.69. The molecular formula is C27H32N6O4. The maximum atomic E-state index is 12.7. The molecule has 5 rings (SSSR count). The second kappa shape index (κ2) is 11.9. The molecule has 2 aliphatic rings. The summed E-state index contributed by atoms with van der Waals surface area (Å²) in [5.41, 5.74) is 2.32. The molecule has 2 saturated heterocycles. The molecule has 2 aromatic heterocycles. The van der Waals surface area contributed by atoms with Crippen molar-refractivity contribution < 1.29 is 19.2 Å². The SMILES string of the molecule is O=C(Nc1ccc(OC(=O)N2CCC(On3cccn3)CC2)nc1)c1ccc(CN2CCCCC2)cc1. The van der Waals surface area contributed by atoms with Crippen LogP contribution < -0.4 is 14.9 Å². The van der Waals surface area contributed by atoms with Crippen LogP contribution in [0.4, 0.5) is 10.5 Å². The zero-order valence-electron chi connectivity index (χ0n) is 20.8. The Labute approximate surface area is 216 Å². The summed E-state index contributed by atoms with van der Waals surface area (Å²) in [6.45, 7) is 4.25. The van der Waals surface area contributed by atoms with Crippen molar-refractivity contribution >= 4 is 17.7 Å². The number of carbonyl (C=O) groups excluding carboxylic acids is 2. The Hall–Kier alpha value is -3.92. The van der Waals surface area contributed by atoms with Crippen LogP contribution in [-0.4, -0.2) is 69.0 Å². The standard InChI is InChI=1S/C27H32N6O4/c34-26(22-7-5-21(6-8-22)20-31-14-2-1-3-15-31)30-23-9-10-25(28-19-23)36-27(35)32-17-11-24(12-18-32)37-33-16-4-13-29-33/h4-10,13,16,19,24H,1-3,11-12,14-15,17-18,20H2,(H,30,34). The van der Waals surface area contributed by atoms with Gasteiger partial charge in [0.1, 0.15) is 6.10 Å². The van der Waals surface area contributed by atoms with Gasteiger partial charge in [0.05, 0.1) is 24.3 Å². The van der Waals surface area contributed by atoms with Crippen molar-refractivity contribution in [1.82, 2.24) is 24.7 Å². The normalized spacial score (nSPS) is 16.8. The van der Waals surface area contributed by atoms with Gasteiger partial charge in [-0.15, -0.1) is 9.94 Å². The first-order valence-electron chi connectivity index (χ1n) is 12.8. The molecule has 0 unspecified atom stereocenters. The van der Waals surface area contributed by atoms with Crippen LogP contribution >= 0.6 is 0 Å². The summed E-state index contributed by atoms with van der Waals surface area (Å²) in [4.78, 5) is 40.6. The highest BCUT2D eigenvalue weighted by molar-refractivity contribution is 6.04. The fourth-order valence-corrected chi connectivity index (χ4v) is 4.62. The molecule has 3 aromatic rings. The van der Waals surface area contributed by atoms with Gasteiger partial charge in [0, 0.05) is 44.1 Å². The summed E-state index contributed by atoms with van der Waals surface area (Å²) in [7, 11) is 0. The van der Waals surface area contributed by atoms with E-state index >= 15 is 0 Å². The number of anilines is 1. The average molecular weight is 505 g/mol. The summed E-state index contributed by atoms with van der Waals surface area (Å²) in [6.07, 6.45) is 9.63. The lowest BCUT2D eigenvalue weighted by Crippen LogP contribution is -2.44. The van der Waals surface area contributed by atoms with Gasteiger partial charge in [0.15, 0.2) is 0 Å². The zero-order chi connectivity index (χ0) is 25.5. The van der Waals surface area contributed by atoms with Crippen LogP contribution in [0.15, 0.2) is 61.1 Å². The number of benzene rings is 1. The highest BCUT2D eigenvalue weighted by atomic mass is 16.7. The van der Waals surface area contributed by atoms with Crippen molar-refractivity contribution in [2.45, 2.75) is 44.8 Å². The number of ether oxygens (including phenoxy) is 1. The average Bonchev–Trinajstić information content (AvgIpc) is 3.44. The number of hydrogen-bond donors (Lipinski definition) is 1. The van der Waals surface area contributed by atoms with Crippen LogP contribution in [0.5, 0.6) is 5.88 Å². The van der Waals surface area contributed by atoms with Crippen LogP contribution in [0, 0.1) is 0 Å². The molecule has 10 nitrogen and oxygen atoms in total. The summed E-state index contributed by atoms with van der Waals surface area (Å²) in [5, 5.41) is 6.88. The molecule has 0 aliphatic carbocycles. The summed E-state index contributed by atoms with van der Waals surface area (Å²) in [6, 6.07) is 12.8. The second-order valence-electron chi connectivity index (χ2n) is 9.44. The Balaban J connectivity index is 1.07. The smallest absolute Gasteiger partial charge is 0.393 e. The lowest BCUT2D eigenvalue weighted by atomic mass is 10.1. The molecule has 0 bridgehead atoms. The molecule has 0 spiro atoms. The first kappa shape index (κ1) is 24.8. The van der Waals surface area contributed by atoms with Gasteiger partial charge < -0.3 is 19.8 Å². The Bertz CT molecular complexity index is 1150. The van der Waals surface area contributed by atoms with Gasteiger partial charge in [0.25, 0.3) is 5.91 Å². The van der Waals surface area contributed by atoms with E-state index in [2.05, 4.69) is 20.3 Å². The minimum absolute atomic E-state index is 0.00385. The van der Waals surface area contributed by atoms with Gasteiger partial charge in [-0.05, 0) is 55.8 Å². The Morgan fingerprint density at radius 3 is 2.43 bits per heavy atom. The molecule has 1 aromatic carbocycles. The molecule has 194 valence electrons. The largest absolute Gasteiger partial charge is 0.416 e. The Morgan fingerprint density at radius 2 is 1.76 bits per heavy atom. The number of likely N-dealkylation sites (tertiary alicyclic amines) is 2. The first-order valence-corrected chi connectivity index (χ1v) is 12.8. The molecule has 37 heavy (non-hydrogen) atoms. The van der Waals surface area contributed by atoms with Gasteiger partial charge in [-0.25, -0.2) is 9.78 Å². The van der Waals surface area contributed by atoms with Gasteiger partial charge in [-0.3, -0.25) is 9.69 Å². The van der Waals surface area contributed by atoms with Gasteiger partial charge >= 0.3 is 6.09 Å². The van der Waals surface area contributed by atoms with E-state index in [1.165, 1.54) is 35.9 Å². The minimum Gasteiger partial charge on any atom is -0.393 e. The first-order chi connectivity index (χ1) is 18.1. The van der Waals surface area contributed by atoms with Crippen molar-refractivity contribution in [3.8, 4) is 5.88 Å². The minimum atomic E-state index is -0.452. The number of aromatic nitrogens is 3. The number of nitrogens with one attached hydrogen (secondary N) is 1. The molecule has 2 fully saturated rings. The highest BCUT2D eigenvalue weighted by Crippen LogP contribution is 2.18. The number of rotatable bonds is 7. The second-order valence-corrected chi connectivity index (χ2v) is 9.44. The van der Waals surface area contributed by atoms with Crippen LogP contribution in [-0.2, 0) is 6.54 Å². The number of pyridine rings is 1. The van der Waals surface area contributed by atoms with Gasteiger partial charge in [0.2, 0.25) is 5.88 Å². The van der Waals surface area contributed by atoms with E-state index in [4.69, 9.17) is 9.57 Å². The zero-order valence-corrected chi connectivity index (χ0v) is 20.8. The molecule has 1 N–H and O–H groups in total. The Kier molecular flexibility index (Phi) is 7.95. The maximum absolute atomic E-state index is 12.7. The molecule has 0 atom stereocenters. The predicted molar refractivity (Wildman–Crippen MR) is 137 cm³/mol. The third kappa shape index (κ3) is 6.85. The molecule has 2 amide bonds. The molecule has 10 heteroatoms.